The van der Waals surface area contributed by atoms with E-state index in [4.69, 9.17) is 5.11 Å². The molecule has 0 aromatic carbocycles. The number of hydrogen-bond acceptors (Lipinski definition) is 4. The fourth-order valence-electron chi connectivity index (χ4n) is 2.19. The van der Waals surface area contributed by atoms with Crippen LogP contribution in [0.4, 0.5) is 0 Å². The van der Waals surface area contributed by atoms with Crippen molar-refractivity contribution >= 4 is 27.8 Å². The van der Waals surface area contributed by atoms with E-state index in [1.54, 1.807) is 17.3 Å². The predicted octanol–water partition coefficient (Wildman–Crippen LogP) is 1.77. The normalized spacial score (nSPS) is 18.6. The van der Waals surface area contributed by atoms with Gasteiger partial charge in [-0.2, -0.15) is 0 Å². The highest BCUT2D eigenvalue weighted by atomic mass is 79.9. The Balaban J connectivity index is 2.06. The largest absolute Gasteiger partial charge is 0.481 e. The molecule has 1 fully saturated rings. The summed E-state index contributed by atoms with van der Waals surface area (Å²) >= 11 is 3.27. The van der Waals surface area contributed by atoms with Gasteiger partial charge in [-0.15, -0.1) is 0 Å². The fourth-order valence-corrected chi connectivity index (χ4v) is 2.39. The minimum Gasteiger partial charge on any atom is -0.481 e. The summed E-state index contributed by atoms with van der Waals surface area (Å²) in [5, 5.41) is 8.62. The zero-order valence-corrected chi connectivity index (χ0v) is 11.8. The third-order valence-corrected chi connectivity index (χ3v) is 3.47. The molecule has 7 heteroatoms. The number of likely N-dealkylation sites (tertiary alicyclic amines) is 1. The third-order valence-electron chi connectivity index (χ3n) is 3.06. The second-order valence-corrected chi connectivity index (χ2v) is 5.31. The second-order valence-electron chi connectivity index (χ2n) is 4.40. The standard InChI is InChI=1S/C12H14BrN3O3/c13-8-6-14-12(15-7-8)9-2-1-5-16(9)10(17)3-4-11(18)19/h6-7,9H,1-5H2,(H,18,19). The Hall–Kier alpha value is -1.50. The second kappa shape index (κ2) is 6.10. The number of carboxylic acid groups (broad SMARTS) is 1. The van der Waals surface area contributed by atoms with E-state index in [0.29, 0.717) is 12.4 Å². The molecular formula is C12H14BrN3O3. The molecule has 1 saturated heterocycles. The van der Waals surface area contributed by atoms with Gasteiger partial charge in [-0.05, 0) is 28.8 Å². The molecule has 1 N–H and O–H groups in total. The van der Waals surface area contributed by atoms with E-state index in [0.717, 1.165) is 17.3 Å². The molecule has 1 aliphatic rings. The van der Waals surface area contributed by atoms with Gasteiger partial charge in [0, 0.05) is 25.4 Å². The number of amides is 1. The minimum atomic E-state index is -0.955. The third kappa shape index (κ3) is 3.50. The monoisotopic (exact) mass is 327 g/mol. The molecule has 2 heterocycles. The lowest BCUT2D eigenvalue weighted by Gasteiger charge is -2.23. The number of carbonyl (C=O) groups is 2. The molecular weight excluding hydrogens is 314 g/mol. The SMILES string of the molecule is O=C(O)CCC(=O)N1CCCC1c1ncc(Br)cn1. The van der Waals surface area contributed by atoms with Crippen molar-refractivity contribution in [3.63, 3.8) is 0 Å². The molecule has 1 aromatic rings. The van der Waals surface area contributed by atoms with Gasteiger partial charge in [0.1, 0.15) is 0 Å². The molecule has 0 radical (unpaired) electrons. The number of hydrogen-bond donors (Lipinski definition) is 1. The Morgan fingerprint density at radius 2 is 2.05 bits per heavy atom. The molecule has 1 unspecified atom stereocenters. The summed E-state index contributed by atoms with van der Waals surface area (Å²) in [7, 11) is 0. The molecule has 1 aromatic heterocycles. The van der Waals surface area contributed by atoms with E-state index in [1.807, 2.05) is 0 Å². The average molecular weight is 328 g/mol. The smallest absolute Gasteiger partial charge is 0.303 e. The van der Waals surface area contributed by atoms with Crippen molar-refractivity contribution in [2.75, 3.05) is 6.54 Å². The molecule has 0 bridgehead atoms. The molecule has 102 valence electrons. The topological polar surface area (TPSA) is 83.4 Å². The molecule has 0 saturated carbocycles. The van der Waals surface area contributed by atoms with Crippen LogP contribution in [0.1, 0.15) is 37.5 Å². The first kappa shape index (κ1) is 13.9. The molecule has 0 spiro atoms. The number of carboxylic acids is 1. The fraction of sp³-hybridized carbons (Fsp3) is 0.500. The van der Waals surface area contributed by atoms with Crippen LogP contribution in [0, 0.1) is 0 Å². The minimum absolute atomic E-state index is 0.0301. The van der Waals surface area contributed by atoms with Gasteiger partial charge < -0.3 is 10.0 Å². The van der Waals surface area contributed by atoms with Crippen molar-refractivity contribution in [3.05, 3.63) is 22.7 Å². The number of carbonyl (C=O) groups excluding carboxylic acids is 1. The van der Waals surface area contributed by atoms with Crippen LogP contribution >= 0.6 is 15.9 Å². The highest BCUT2D eigenvalue weighted by Crippen LogP contribution is 2.30. The Morgan fingerprint density at radius 3 is 2.68 bits per heavy atom. The van der Waals surface area contributed by atoms with Gasteiger partial charge >= 0.3 is 5.97 Å². The van der Waals surface area contributed by atoms with Crippen LogP contribution < -0.4 is 0 Å². The Bertz CT molecular complexity index is 478. The molecule has 1 aliphatic heterocycles. The summed E-state index contributed by atoms with van der Waals surface area (Å²) in [6.45, 7) is 0.641. The van der Waals surface area contributed by atoms with Crippen molar-refractivity contribution < 1.29 is 14.7 Å². The lowest BCUT2D eigenvalue weighted by atomic mass is 10.2. The maximum absolute atomic E-state index is 12.0. The van der Waals surface area contributed by atoms with Gasteiger partial charge in [0.25, 0.3) is 0 Å². The lowest BCUT2D eigenvalue weighted by molar-refractivity contribution is -0.141. The van der Waals surface area contributed by atoms with E-state index >= 15 is 0 Å². The number of halogens is 1. The summed E-state index contributed by atoms with van der Waals surface area (Å²) in [4.78, 5) is 32.6. The van der Waals surface area contributed by atoms with Crippen LogP contribution in [-0.2, 0) is 9.59 Å². The quantitative estimate of drug-likeness (QED) is 0.911. The molecule has 1 atom stereocenters. The van der Waals surface area contributed by atoms with E-state index in [9.17, 15) is 9.59 Å². The number of aromatic nitrogens is 2. The van der Waals surface area contributed by atoms with Crippen molar-refractivity contribution in [1.82, 2.24) is 14.9 Å². The summed E-state index contributed by atoms with van der Waals surface area (Å²) in [6, 6.07) is -0.130. The van der Waals surface area contributed by atoms with Crippen molar-refractivity contribution in [2.24, 2.45) is 0 Å². The van der Waals surface area contributed by atoms with Crippen LogP contribution in [0.3, 0.4) is 0 Å². The molecule has 0 aliphatic carbocycles. The molecule has 19 heavy (non-hydrogen) atoms. The summed E-state index contributed by atoms with van der Waals surface area (Å²) in [5.41, 5.74) is 0. The van der Waals surface area contributed by atoms with E-state index in [-0.39, 0.29) is 24.8 Å². The maximum atomic E-state index is 12.0. The Morgan fingerprint density at radius 1 is 1.37 bits per heavy atom. The van der Waals surface area contributed by atoms with Gasteiger partial charge in [-0.25, -0.2) is 9.97 Å². The van der Waals surface area contributed by atoms with Crippen LogP contribution in [0.25, 0.3) is 0 Å². The molecule has 2 rings (SSSR count). The zero-order chi connectivity index (χ0) is 13.8. The van der Waals surface area contributed by atoms with Crippen molar-refractivity contribution in [2.45, 2.75) is 31.7 Å². The maximum Gasteiger partial charge on any atom is 0.303 e. The first-order chi connectivity index (χ1) is 9.08. The van der Waals surface area contributed by atoms with Gasteiger partial charge in [0.15, 0.2) is 5.82 Å². The summed E-state index contributed by atoms with van der Waals surface area (Å²) in [6.07, 6.45) is 4.91. The zero-order valence-electron chi connectivity index (χ0n) is 10.3. The number of aliphatic carboxylic acids is 1. The highest BCUT2D eigenvalue weighted by molar-refractivity contribution is 9.10. The van der Waals surface area contributed by atoms with Crippen LogP contribution in [0.15, 0.2) is 16.9 Å². The summed E-state index contributed by atoms with van der Waals surface area (Å²) < 4.78 is 0.790. The van der Waals surface area contributed by atoms with Crippen molar-refractivity contribution in [1.29, 1.82) is 0 Å². The number of nitrogens with zero attached hydrogens (tertiary/aromatic N) is 3. The average Bonchev–Trinajstić information content (AvgIpc) is 2.86. The lowest BCUT2D eigenvalue weighted by Crippen LogP contribution is -2.31. The van der Waals surface area contributed by atoms with Crippen LogP contribution in [0.5, 0.6) is 0 Å². The first-order valence-electron chi connectivity index (χ1n) is 6.06. The molecule has 6 nitrogen and oxygen atoms in total. The van der Waals surface area contributed by atoms with Crippen molar-refractivity contribution in [3.8, 4) is 0 Å². The van der Waals surface area contributed by atoms with E-state index in [2.05, 4.69) is 25.9 Å². The van der Waals surface area contributed by atoms with Gasteiger partial charge in [0.05, 0.1) is 16.9 Å². The highest BCUT2D eigenvalue weighted by Gasteiger charge is 2.31. The summed E-state index contributed by atoms with van der Waals surface area (Å²) in [5.74, 6) is -0.482. The van der Waals surface area contributed by atoms with E-state index in [1.165, 1.54) is 0 Å². The Kier molecular flexibility index (Phi) is 4.47. The van der Waals surface area contributed by atoms with Crippen LogP contribution in [0.2, 0.25) is 0 Å². The van der Waals surface area contributed by atoms with Crippen LogP contribution in [-0.4, -0.2) is 38.4 Å². The molecule has 1 amide bonds. The van der Waals surface area contributed by atoms with E-state index < -0.39 is 5.97 Å². The first-order valence-corrected chi connectivity index (χ1v) is 6.86. The van der Waals surface area contributed by atoms with Gasteiger partial charge in [0.2, 0.25) is 5.91 Å². The van der Waals surface area contributed by atoms with Gasteiger partial charge in [-0.1, -0.05) is 0 Å². The Labute approximate surface area is 119 Å². The van der Waals surface area contributed by atoms with Gasteiger partial charge in [-0.3, -0.25) is 9.59 Å². The predicted molar refractivity (Wildman–Crippen MR) is 70.3 cm³/mol. The number of rotatable bonds is 4.